The third-order valence-electron chi connectivity index (χ3n) is 4.23. The van der Waals surface area contributed by atoms with E-state index in [1.165, 1.54) is 55.7 Å². The van der Waals surface area contributed by atoms with Gasteiger partial charge >= 0.3 is 0 Å². The first-order valence-corrected chi connectivity index (χ1v) is 12.9. The van der Waals surface area contributed by atoms with Crippen LogP contribution in [0.5, 0.6) is 5.75 Å². The summed E-state index contributed by atoms with van der Waals surface area (Å²) in [6.07, 6.45) is 2.54. The van der Waals surface area contributed by atoms with Gasteiger partial charge in [-0.15, -0.1) is 6.58 Å². The summed E-state index contributed by atoms with van der Waals surface area (Å²) in [6, 6.07) is 9.80. The molecule has 0 aliphatic heterocycles. The predicted octanol–water partition coefficient (Wildman–Crippen LogP) is 2.59. The van der Waals surface area contributed by atoms with E-state index in [2.05, 4.69) is 16.6 Å². The number of benzene rings is 2. The Hall–Kier alpha value is -2.89. The molecule has 2 N–H and O–H groups in total. The molecule has 0 bridgehead atoms. The molecule has 0 fully saturated rings. The van der Waals surface area contributed by atoms with Crippen molar-refractivity contribution in [2.45, 2.75) is 24.8 Å². The number of carbonyl (C=O) groups is 1. The van der Waals surface area contributed by atoms with Crippen LogP contribution in [0.15, 0.2) is 60.0 Å². The second-order valence-corrected chi connectivity index (χ2v) is 10.8. The predicted molar refractivity (Wildman–Crippen MR) is 125 cm³/mol. The molecule has 0 heterocycles. The lowest BCUT2D eigenvalue weighted by Gasteiger charge is -2.20. The summed E-state index contributed by atoms with van der Waals surface area (Å²) in [5.74, 6) is -0.233. The lowest BCUT2D eigenvalue weighted by molar-refractivity contribution is 0.102. The number of hydrogen-bond acceptors (Lipinski definition) is 6. The molecule has 0 atom stereocenters. The third kappa shape index (κ3) is 6.31. The number of sulfonamides is 2. The lowest BCUT2D eigenvalue weighted by atomic mass is 10.2. The summed E-state index contributed by atoms with van der Waals surface area (Å²) in [5, 5.41) is 2.64. The minimum Gasteiger partial charge on any atom is -0.495 e. The van der Waals surface area contributed by atoms with Crippen molar-refractivity contribution in [3.8, 4) is 5.75 Å². The molecule has 0 saturated carbocycles. The first-order valence-electron chi connectivity index (χ1n) is 9.59. The SMILES string of the molecule is C=CCN(c1ccc(C(=O)Nc2cc(S(=O)(=O)NC(C)C)ccc2OC)cc1)S(C)(=O)=O. The van der Waals surface area contributed by atoms with Gasteiger partial charge in [0, 0.05) is 11.6 Å². The van der Waals surface area contributed by atoms with Crippen molar-refractivity contribution in [3.05, 3.63) is 60.7 Å². The summed E-state index contributed by atoms with van der Waals surface area (Å²) in [7, 11) is -5.88. The smallest absolute Gasteiger partial charge is 0.255 e. The fourth-order valence-corrected chi connectivity index (χ4v) is 5.01. The van der Waals surface area contributed by atoms with Crippen LogP contribution in [0, 0.1) is 0 Å². The Morgan fingerprint density at radius 2 is 1.75 bits per heavy atom. The first-order chi connectivity index (χ1) is 14.9. The van der Waals surface area contributed by atoms with Crippen molar-refractivity contribution in [3.63, 3.8) is 0 Å². The van der Waals surface area contributed by atoms with Gasteiger partial charge in [-0.25, -0.2) is 21.6 Å². The Bertz CT molecular complexity index is 1190. The van der Waals surface area contributed by atoms with Gasteiger partial charge in [0.1, 0.15) is 5.75 Å². The maximum absolute atomic E-state index is 12.7. The molecule has 1 amide bonds. The third-order valence-corrected chi connectivity index (χ3v) is 7.05. The zero-order valence-corrected chi connectivity index (χ0v) is 20.0. The molecule has 0 saturated heterocycles. The summed E-state index contributed by atoms with van der Waals surface area (Å²) >= 11 is 0. The van der Waals surface area contributed by atoms with Crippen molar-refractivity contribution < 1.29 is 26.4 Å². The number of anilines is 2. The van der Waals surface area contributed by atoms with Gasteiger partial charge in [0.15, 0.2) is 0 Å². The minimum atomic E-state index is -3.77. The van der Waals surface area contributed by atoms with Crippen LogP contribution in [0.2, 0.25) is 0 Å². The maximum atomic E-state index is 12.7. The van der Waals surface area contributed by atoms with Crippen LogP contribution in [0.25, 0.3) is 0 Å². The highest BCUT2D eigenvalue weighted by Gasteiger charge is 2.20. The fraction of sp³-hybridized carbons (Fsp3) is 0.286. The standard InChI is InChI=1S/C21H27N3O6S2/c1-6-13-24(31(5,26)27)17-9-7-16(8-10-17)21(25)22-19-14-18(11-12-20(19)30-4)32(28,29)23-15(2)3/h6-12,14-15,23H,1,13H2,2-5H3,(H,22,25). The highest BCUT2D eigenvalue weighted by Crippen LogP contribution is 2.28. The van der Waals surface area contributed by atoms with Gasteiger partial charge in [-0.05, 0) is 56.3 Å². The molecule has 0 aromatic heterocycles. The van der Waals surface area contributed by atoms with Crippen LogP contribution in [-0.4, -0.2) is 48.7 Å². The average molecular weight is 482 g/mol. The van der Waals surface area contributed by atoms with E-state index in [-0.39, 0.29) is 34.5 Å². The normalized spacial score (nSPS) is 11.8. The van der Waals surface area contributed by atoms with Crippen molar-refractivity contribution >= 4 is 37.3 Å². The highest BCUT2D eigenvalue weighted by molar-refractivity contribution is 7.92. The van der Waals surface area contributed by atoms with E-state index >= 15 is 0 Å². The molecule has 11 heteroatoms. The van der Waals surface area contributed by atoms with E-state index in [1.54, 1.807) is 13.8 Å². The molecule has 2 rings (SSSR count). The number of methoxy groups -OCH3 is 1. The van der Waals surface area contributed by atoms with E-state index in [1.807, 2.05) is 0 Å². The monoisotopic (exact) mass is 481 g/mol. The van der Waals surface area contributed by atoms with Gasteiger partial charge < -0.3 is 10.1 Å². The van der Waals surface area contributed by atoms with Gasteiger partial charge in [0.05, 0.1) is 36.2 Å². The lowest BCUT2D eigenvalue weighted by Crippen LogP contribution is -2.30. The van der Waals surface area contributed by atoms with E-state index in [4.69, 9.17) is 4.74 Å². The number of carbonyl (C=O) groups excluding carboxylic acids is 1. The van der Waals surface area contributed by atoms with Gasteiger partial charge in [-0.2, -0.15) is 0 Å². The Morgan fingerprint density at radius 3 is 2.25 bits per heavy atom. The molecule has 0 unspecified atom stereocenters. The zero-order chi connectivity index (χ0) is 24.1. The van der Waals surface area contributed by atoms with Crippen molar-refractivity contribution in [1.82, 2.24) is 4.72 Å². The molecular formula is C21H27N3O6S2. The van der Waals surface area contributed by atoms with Crippen LogP contribution in [0.3, 0.4) is 0 Å². The minimum absolute atomic E-state index is 0.0223. The molecule has 174 valence electrons. The van der Waals surface area contributed by atoms with Crippen LogP contribution in [0.4, 0.5) is 11.4 Å². The quantitative estimate of drug-likeness (QED) is 0.503. The van der Waals surface area contributed by atoms with Crippen LogP contribution < -0.4 is 19.1 Å². The second kappa shape index (κ2) is 10.2. The van der Waals surface area contributed by atoms with Crippen molar-refractivity contribution in [2.24, 2.45) is 0 Å². The van der Waals surface area contributed by atoms with E-state index in [0.29, 0.717) is 5.69 Å². The van der Waals surface area contributed by atoms with Crippen LogP contribution in [0.1, 0.15) is 24.2 Å². The first kappa shape index (κ1) is 25.4. The number of nitrogens with zero attached hydrogens (tertiary/aromatic N) is 1. The highest BCUT2D eigenvalue weighted by atomic mass is 32.2. The summed E-state index contributed by atoms with van der Waals surface area (Å²) in [5.41, 5.74) is 0.809. The average Bonchev–Trinajstić information content (AvgIpc) is 2.70. The number of amides is 1. The van der Waals surface area contributed by atoms with E-state index in [0.717, 1.165) is 10.6 Å². The Kier molecular flexibility index (Phi) is 8.05. The maximum Gasteiger partial charge on any atom is 0.255 e. The summed E-state index contributed by atoms with van der Waals surface area (Å²) < 4.78 is 57.7. The molecule has 32 heavy (non-hydrogen) atoms. The van der Waals surface area contributed by atoms with Crippen molar-refractivity contribution in [1.29, 1.82) is 0 Å². The molecule has 0 aliphatic rings. The number of hydrogen-bond donors (Lipinski definition) is 2. The Labute approximate surface area is 189 Å². The van der Waals surface area contributed by atoms with Crippen molar-refractivity contribution in [2.75, 3.05) is 29.5 Å². The molecular weight excluding hydrogens is 454 g/mol. The second-order valence-electron chi connectivity index (χ2n) is 7.22. The summed E-state index contributed by atoms with van der Waals surface area (Å²) in [4.78, 5) is 12.7. The van der Waals surface area contributed by atoms with Gasteiger partial charge in [-0.3, -0.25) is 9.10 Å². The molecule has 0 spiro atoms. The Morgan fingerprint density at radius 1 is 1.12 bits per heavy atom. The number of ether oxygens (including phenoxy) is 1. The van der Waals surface area contributed by atoms with Crippen LogP contribution >= 0.6 is 0 Å². The zero-order valence-electron chi connectivity index (χ0n) is 18.3. The topological polar surface area (TPSA) is 122 Å². The molecule has 0 aliphatic carbocycles. The van der Waals surface area contributed by atoms with E-state index in [9.17, 15) is 21.6 Å². The van der Waals surface area contributed by atoms with E-state index < -0.39 is 26.0 Å². The van der Waals surface area contributed by atoms with Crippen LogP contribution in [-0.2, 0) is 20.0 Å². The van der Waals surface area contributed by atoms with Gasteiger partial charge in [0.25, 0.3) is 5.91 Å². The number of rotatable bonds is 10. The molecule has 9 nitrogen and oxygen atoms in total. The number of nitrogens with one attached hydrogen (secondary N) is 2. The summed E-state index contributed by atoms with van der Waals surface area (Å²) in [6.45, 7) is 7.05. The fourth-order valence-electron chi connectivity index (χ4n) is 2.85. The largest absolute Gasteiger partial charge is 0.495 e. The Balaban J connectivity index is 2.32. The van der Waals surface area contributed by atoms with Gasteiger partial charge in [-0.1, -0.05) is 6.08 Å². The molecule has 0 radical (unpaired) electrons. The van der Waals surface area contributed by atoms with Gasteiger partial charge in [0.2, 0.25) is 20.0 Å². The molecule has 2 aromatic carbocycles. The molecule has 2 aromatic rings.